The molecule has 0 aliphatic carbocycles. The first-order valence-electron chi connectivity index (χ1n) is 9.82. The van der Waals surface area contributed by atoms with Crippen LogP contribution in [0.2, 0.25) is 0 Å². The van der Waals surface area contributed by atoms with Gasteiger partial charge < -0.3 is 19.4 Å². The molecular weight excluding hydrogens is 387 g/mol. The van der Waals surface area contributed by atoms with Gasteiger partial charge in [-0.25, -0.2) is 4.39 Å². The molecule has 0 aliphatic rings. The standard InChI is InChI=1S/C23H25FN2O4/c1-3-26(14-16-8-10-21(29-2)19(24)12-16)22(27)15-30-23(28)11-9-17-13-25-20-7-5-4-6-18(17)20/h4-8,10,12-13,25H,3,9,11,14-15H2,1-2H3. The highest BCUT2D eigenvalue weighted by Gasteiger charge is 2.16. The number of benzene rings is 2. The number of nitrogens with one attached hydrogen (secondary N) is 1. The molecule has 7 heteroatoms. The van der Waals surface area contributed by atoms with Crippen LogP contribution < -0.4 is 4.74 Å². The zero-order valence-electron chi connectivity index (χ0n) is 17.1. The quantitative estimate of drug-likeness (QED) is 0.542. The Hall–Kier alpha value is -3.35. The molecule has 3 aromatic rings. The molecule has 0 aliphatic heterocycles. The van der Waals surface area contributed by atoms with Crippen molar-refractivity contribution in [1.29, 1.82) is 0 Å². The molecule has 0 spiro atoms. The van der Waals surface area contributed by atoms with E-state index in [0.717, 1.165) is 16.5 Å². The molecule has 1 aromatic heterocycles. The van der Waals surface area contributed by atoms with Crippen LogP contribution in [0.3, 0.4) is 0 Å². The van der Waals surface area contributed by atoms with Gasteiger partial charge in [-0.1, -0.05) is 24.3 Å². The van der Waals surface area contributed by atoms with Crippen LogP contribution in [0.4, 0.5) is 4.39 Å². The molecule has 0 saturated carbocycles. The summed E-state index contributed by atoms with van der Waals surface area (Å²) in [5.74, 6) is -1.09. The van der Waals surface area contributed by atoms with E-state index in [2.05, 4.69) is 4.98 Å². The van der Waals surface area contributed by atoms with Gasteiger partial charge >= 0.3 is 5.97 Å². The molecule has 6 nitrogen and oxygen atoms in total. The highest BCUT2D eigenvalue weighted by molar-refractivity contribution is 5.84. The van der Waals surface area contributed by atoms with Crippen LogP contribution in [0.5, 0.6) is 5.75 Å². The van der Waals surface area contributed by atoms with E-state index >= 15 is 0 Å². The van der Waals surface area contributed by atoms with Crippen LogP contribution in [0, 0.1) is 5.82 Å². The minimum atomic E-state index is -0.484. The number of hydrogen-bond acceptors (Lipinski definition) is 4. The lowest BCUT2D eigenvalue weighted by atomic mass is 10.1. The molecule has 1 N–H and O–H groups in total. The summed E-state index contributed by atoms with van der Waals surface area (Å²) in [6.45, 7) is 2.12. The van der Waals surface area contributed by atoms with Crippen molar-refractivity contribution in [3.8, 4) is 5.75 Å². The Balaban J connectivity index is 1.49. The third-order valence-electron chi connectivity index (χ3n) is 4.95. The lowest BCUT2D eigenvalue weighted by molar-refractivity contribution is -0.152. The van der Waals surface area contributed by atoms with Crippen LogP contribution >= 0.6 is 0 Å². The third-order valence-corrected chi connectivity index (χ3v) is 4.95. The van der Waals surface area contributed by atoms with Crippen molar-refractivity contribution >= 4 is 22.8 Å². The monoisotopic (exact) mass is 412 g/mol. The average molecular weight is 412 g/mol. The second-order valence-electron chi connectivity index (χ2n) is 6.90. The third kappa shape index (κ3) is 5.17. The number of esters is 1. The van der Waals surface area contributed by atoms with Gasteiger partial charge in [0.2, 0.25) is 0 Å². The number of aromatic nitrogens is 1. The summed E-state index contributed by atoms with van der Waals surface area (Å²) in [5.41, 5.74) is 2.68. The van der Waals surface area contributed by atoms with E-state index in [1.54, 1.807) is 6.07 Å². The van der Waals surface area contributed by atoms with Crippen LogP contribution in [-0.2, 0) is 27.3 Å². The van der Waals surface area contributed by atoms with Gasteiger partial charge in [-0.15, -0.1) is 0 Å². The van der Waals surface area contributed by atoms with Crippen molar-refractivity contribution in [2.45, 2.75) is 26.3 Å². The average Bonchev–Trinajstić information content (AvgIpc) is 3.17. The number of hydrogen-bond donors (Lipinski definition) is 1. The Labute approximate surface area is 174 Å². The Kier molecular flexibility index (Phi) is 7.06. The van der Waals surface area contributed by atoms with Crippen molar-refractivity contribution in [3.05, 3.63) is 65.6 Å². The fourth-order valence-electron chi connectivity index (χ4n) is 3.29. The number of likely N-dealkylation sites (N-methyl/N-ethyl adjacent to an activating group) is 1. The molecule has 0 atom stereocenters. The van der Waals surface area contributed by atoms with Gasteiger partial charge in [-0.3, -0.25) is 9.59 Å². The fraction of sp³-hybridized carbons (Fsp3) is 0.304. The molecule has 0 radical (unpaired) electrons. The van der Waals surface area contributed by atoms with E-state index in [1.807, 2.05) is 37.4 Å². The molecule has 3 rings (SSSR count). The molecule has 1 heterocycles. The Morgan fingerprint density at radius 3 is 2.70 bits per heavy atom. The number of aryl methyl sites for hydroxylation is 1. The van der Waals surface area contributed by atoms with Gasteiger partial charge in [0.05, 0.1) is 7.11 Å². The van der Waals surface area contributed by atoms with Gasteiger partial charge in [0.15, 0.2) is 18.2 Å². The summed E-state index contributed by atoms with van der Waals surface area (Å²) in [6.07, 6.45) is 2.60. The second-order valence-corrected chi connectivity index (χ2v) is 6.90. The topological polar surface area (TPSA) is 71.6 Å². The number of H-pyrrole nitrogens is 1. The van der Waals surface area contributed by atoms with Crippen molar-refractivity contribution in [3.63, 3.8) is 0 Å². The maximum absolute atomic E-state index is 13.9. The van der Waals surface area contributed by atoms with Crippen molar-refractivity contribution in [2.24, 2.45) is 0 Å². The van der Waals surface area contributed by atoms with E-state index in [0.29, 0.717) is 18.5 Å². The number of rotatable bonds is 9. The van der Waals surface area contributed by atoms with Gasteiger partial charge in [0, 0.05) is 36.6 Å². The summed E-state index contributed by atoms with van der Waals surface area (Å²) in [7, 11) is 1.40. The first-order valence-corrected chi connectivity index (χ1v) is 9.82. The van der Waals surface area contributed by atoms with E-state index in [9.17, 15) is 14.0 Å². The predicted molar refractivity (Wildman–Crippen MR) is 112 cm³/mol. The van der Waals surface area contributed by atoms with Crippen molar-refractivity contribution in [2.75, 3.05) is 20.3 Å². The summed E-state index contributed by atoms with van der Waals surface area (Å²) in [5, 5.41) is 1.07. The smallest absolute Gasteiger partial charge is 0.306 e. The number of carbonyl (C=O) groups excluding carboxylic acids is 2. The number of ether oxygens (including phenoxy) is 2. The van der Waals surface area contributed by atoms with Crippen molar-refractivity contribution in [1.82, 2.24) is 9.88 Å². The summed E-state index contributed by atoms with van der Waals surface area (Å²) >= 11 is 0. The van der Waals surface area contributed by atoms with Gasteiger partial charge in [-0.05, 0) is 42.7 Å². The number of carbonyl (C=O) groups is 2. The van der Waals surface area contributed by atoms with Crippen LogP contribution in [0.1, 0.15) is 24.5 Å². The van der Waals surface area contributed by atoms with E-state index < -0.39 is 11.8 Å². The number of fused-ring (bicyclic) bond motifs is 1. The fourth-order valence-corrected chi connectivity index (χ4v) is 3.29. The molecule has 30 heavy (non-hydrogen) atoms. The number of amides is 1. The summed E-state index contributed by atoms with van der Waals surface area (Å²) in [4.78, 5) is 29.2. The highest BCUT2D eigenvalue weighted by Crippen LogP contribution is 2.20. The van der Waals surface area contributed by atoms with E-state index in [4.69, 9.17) is 9.47 Å². The molecule has 0 saturated heterocycles. The second kappa shape index (κ2) is 9.91. The number of aromatic amines is 1. The minimum Gasteiger partial charge on any atom is -0.494 e. The zero-order chi connectivity index (χ0) is 21.5. The van der Waals surface area contributed by atoms with Crippen LogP contribution in [0.25, 0.3) is 10.9 Å². The maximum atomic E-state index is 13.9. The lowest BCUT2D eigenvalue weighted by Crippen LogP contribution is -2.34. The summed E-state index contributed by atoms with van der Waals surface area (Å²) < 4.78 is 23.9. The maximum Gasteiger partial charge on any atom is 0.306 e. The van der Waals surface area contributed by atoms with Crippen LogP contribution in [0.15, 0.2) is 48.7 Å². The lowest BCUT2D eigenvalue weighted by Gasteiger charge is -2.21. The van der Waals surface area contributed by atoms with E-state index in [1.165, 1.54) is 24.1 Å². The zero-order valence-corrected chi connectivity index (χ0v) is 17.1. The molecule has 0 unspecified atom stereocenters. The predicted octanol–water partition coefficient (Wildman–Crippen LogP) is 3.84. The first-order chi connectivity index (χ1) is 14.5. The van der Waals surface area contributed by atoms with Gasteiger partial charge in [0.25, 0.3) is 5.91 Å². The summed E-state index contributed by atoms with van der Waals surface area (Å²) in [6, 6.07) is 12.4. The number of methoxy groups -OCH3 is 1. The molecule has 0 fully saturated rings. The molecular formula is C23H25FN2O4. The number of para-hydroxylation sites is 1. The largest absolute Gasteiger partial charge is 0.494 e. The molecule has 1 amide bonds. The molecule has 0 bridgehead atoms. The van der Waals surface area contributed by atoms with Crippen molar-refractivity contribution < 1.29 is 23.5 Å². The van der Waals surface area contributed by atoms with Crippen LogP contribution in [-0.4, -0.2) is 42.0 Å². The molecule has 2 aromatic carbocycles. The van der Waals surface area contributed by atoms with Gasteiger partial charge in [0.1, 0.15) is 0 Å². The normalized spacial score (nSPS) is 10.8. The Morgan fingerprint density at radius 1 is 1.17 bits per heavy atom. The van der Waals surface area contributed by atoms with E-state index in [-0.39, 0.29) is 31.2 Å². The SMILES string of the molecule is CCN(Cc1ccc(OC)c(F)c1)C(=O)COC(=O)CCc1c[nH]c2ccccc12. The minimum absolute atomic E-state index is 0.150. The Bertz CT molecular complexity index is 1030. The number of nitrogens with zero attached hydrogens (tertiary/aromatic N) is 1. The highest BCUT2D eigenvalue weighted by atomic mass is 19.1. The van der Waals surface area contributed by atoms with Gasteiger partial charge in [-0.2, -0.15) is 0 Å². The number of halogens is 1. The Morgan fingerprint density at radius 2 is 1.97 bits per heavy atom. The molecule has 158 valence electrons. The first kappa shape index (κ1) is 21.4.